The Morgan fingerprint density at radius 3 is 2.64 bits per heavy atom. The number of nitrogens with one attached hydrogen (secondary N) is 2. The predicted octanol–water partition coefficient (Wildman–Crippen LogP) is 4.52. The predicted molar refractivity (Wildman–Crippen MR) is 154 cm³/mol. The van der Waals surface area contributed by atoms with Gasteiger partial charge in [0.25, 0.3) is 5.91 Å². The Labute approximate surface area is 244 Å². The lowest BCUT2D eigenvalue weighted by Gasteiger charge is -2.39. The minimum absolute atomic E-state index is 0.0324. The summed E-state index contributed by atoms with van der Waals surface area (Å²) in [5.41, 5.74) is 3.69. The highest BCUT2D eigenvalue weighted by Crippen LogP contribution is 2.32. The topological polar surface area (TPSA) is 73.9 Å². The monoisotopic (exact) mass is 572 g/mol. The highest BCUT2D eigenvalue weighted by molar-refractivity contribution is 6.01. The van der Waals surface area contributed by atoms with Crippen molar-refractivity contribution in [1.82, 2.24) is 20.4 Å². The summed E-state index contributed by atoms with van der Waals surface area (Å²) in [6, 6.07) is 18.8. The first-order valence-corrected chi connectivity index (χ1v) is 14.4. The van der Waals surface area contributed by atoms with Crippen molar-refractivity contribution in [2.75, 3.05) is 13.1 Å². The van der Waals surface area contributed by atoms with Gasteiger partial charge in [0.05, 0.1) is 0 Å². The van der Waals surface area contributed by atoms with Crippen LogP contribution in [0.2, 0.25) is 0 Å². The van der Waals surface area contributed by atoms with Crippen molar-refractivity contribution >= 4 is 11.8 Å². The van der Waals surface area contributed by atoms with Crippen LogP contribution in [0.4, 0.5) is 8.78 Å². The minimum atomic E-state index is -0.593. The number of likely N-dealkylation sites (tertiary alicyclic amines) is 1. The molecule has 6 rings (SSSR count). The maximum atomic E-state index is 14.4. The van der Waals surface area contributed by atoms with E-state index in [1.54, 1.807) is 17.0 Å². The molecule has 3 heterocycles. The molecule has 2 fully saturated rings. The number of carbonyl (C=O) groups excluding carboxylic acids is 2. The van der Waals surface area contributed by atoms with E-state index in [2.05, 4.69) is 34.2 Å². The van der Waals surface area contributed by atoms with Gasteiger partial charge in [-0.2, -0.15) is 0 Å². The van der Waals surface area contributed by atoms with Gasteiger partial charge in [-0.15, -0.1) is 0 Å². The molecule has 0 saturated carbocycles. The Morgan fingerprint density at radius 1 is 1.02 bits per heavy atom. The maximum absolute atomic E-state index is 14.4. The first-order valence-electron chi connectivity index (χ1n) is 14.4. The molecule has 3 aromatic rings. The fraction of sp³-hybridized carbons (Fsp3) is 0.333. The summed E-state index contributed by atoms with van der Waals surface area (Å²) in [6.07, 6.45) is 1.71. The van der Waals surface area contributed by atoms with E-state index >= 15 is 0 Å². The Balaban J connectivity index is 1.18. The standard InChI is InChI=1S/C33H34F2N4O3/c1-21-7-12-30(32(40)37-21)39-19-24-15-26(10-11-27(24)33(39)41)42-31-20-38(18-23-8-9-25(34)16-28(23)35)14-13-29(31)36-17-22-5-3-2-4-6-22/h2-6,8-11,15-16,29-31,36H,1,7,12-14,17-20H2,(H,37,40)/t29-,30?,31-/m0/s1. The summed E-state index contributed by atoms with van der Waals surface area (Å²) >= 11 is 0. The number of nitrogens with zero attached hydrogens (tertiary/aromatic N) is 2. The maximum Gasteiger partial charge on any atom is 0.255 e. The van der Waals surface area contributed by atoms with E-state index in [4.69, 9.17) is 4.74 Å². The fourth-order valence-corrected chi connectivity index (χ4v) is 6.09. The second kappa shape index (κ2) is 12.0. The average Bonchev–Trinajstić information content (AvgIpc) is 3.29. The molecule has 3 aliphatic heterocycles. The van der Waals surface area contributed by atoms with Gasteiger partial charge in [0.1, 0.15) is 29.5 Å². The van der Waals surface area contributed by atoms with E-state index in [0.29, 0.717) is 61.6 Å². The molecule has 0 bridgehead atoms. The van der Waals surface area contributed by atoms with E-state index in [1.807, 2.05) is 24.3 Å². The quantitative estimate of drug-likeness (QED) is 0.415. The molecule has 42 heavy (non-hydrogen) atoms. The summed E-state index contributed by atoms with van der Waals surface area (Å²) in [5.74, 6) is -0.866. The molecule has 0 aromatic heterocycles. The van der Waals surface area contributed by atoms with Crippen LogP contribution in [0.1, 0.15) is 46.3 Å². The molecule has 218 valence electrons. The molecule has 0 aliphatic carbocycles. The number of piperidine rings is 2. The van der Waals surface area contributed by atoms with E-state index in [9.17, 15) is 18.4 Å². The second-order valence-electron chi connectivity index (χ2n) is 11.3. The van der Waals surface area contributed by atoms with Gasteiger partial charge in [-0.05, 0) is 54.7 Å². The number of amides is 2. The van der Waals surface area contributed by atoms with Crippen molar-refractivity contribution in [3.63, 3.8) is 0 Å². The number of allylic oxidation sites excluding steroid dienone is 1. The Kier molecular flexibility index (Phi) is 8.04. The van der Waals surface area contributed by atoms with Gasteiger partial charge < -0.3 is 20.3 Å². The zero-order chi connectivity index (χ0) is 29.2. The zero-order valence-electron chi connectivity index (χ0n) is 23.3. The number of ether oxygens (including phenoxy) is 1. The Bertz CT molecular complexity index is 1500. The highest BCUT2D eigenvalue weighted by atomic mass is 19.1. The van der Waals surface area contributed by atoms with E-state index in [1.165, 1.54) is 17.7 Å². The van der Waals surface area contributed by atoms with E-state index in [0.717, 1.165) is 24.6 Å². The van der Waals surface area contributed by atoms with Crippen molar-refractivity contribution in [3.05, 3.63) is 113 Å². The molecule has 2 N–H and O–H groups in total. The van der Waals surface area contributed by atoms with Crippen LogP contribution in [0, 0.1) is 11.6 Å². The second-order valence-corrected chi connectivity index (χ2v) is 11.3. The highest BCUT2D eigenvalue weighted by Gasteiger charge is 2.38. The molecule has 7 nitrogen and oxygen atoms in total. The smallest absolute Gasteiger partial charge is 0.255 e. The summed E-state index contributed by atoms with van der Waals surface area (Å²) in [7, 11) is 0. The zero-order valence-corrected chi connectivity index (χ0v) is 23.3. The molecule has 0 spiro atoms. The van der Waals surface area contributed by atoms with Gasteiger partial charge in [0.15, 0.2) is 0 Å². The third kappa shape index (κ3) is 6.07. The Morgan fingerprint density at radius 2 is 1.86 bits per heavy atom. The first kappa shape index (κ1) is 28.1. The van der Waals surface area contributed by atoms with Gasteiger partial charge in [-0.3, -0.25) is 14.5 Å². The average molecular weight is 573 g/mol. The normalized spacial score (nSPS) is 22.7. The van der Waals surface area contributed by atoms with Crippen LogP contribution in [0.3, 0.4) is 0 Å². The molecule has 2 amide bonds. The van der Waals surface area contributed by atoms with Crippen molar-refractivity contribution in [3.8, 4) is 5.75 Å². The summed E-state index contributed by atoms with van der Waals surface area (Å²) in [6.45, 7) is 6.47. The van der Waals surface area contributed by atoms with Crippen molar-refractivity contribution in [2.45, 2.75) is 57.1 Å². The van der Waals surface area contributed by atoms with Crippen LogP contribution in [0.25, 0.3) is 0 Å². The van der Waals surface area contributed by atoms with Crippen LogP contribution in [0.15, 0.2) is 79.0 Å². The van der Waals surface area contributed by atoms with Crippen LogP contribution < -0.4 is 15.4 Å². The van der Waals surface area contributed by atoms with Crippen LogP contribution in [-0.4, -0.2) is 52.9 Å². The number of hydrogen-bond acceptors (Lipinski definition) is 5. The lowest BCUT2D eigenvalue weighted by Crippen LogP contribution is -2.54. The lowest BCUT2D eigenvalue weighted by atomic mass is 10.00. The lowest BCUT2D eigenvalue weighted by molar-refractivity contribution is -0.126. The largest absolute Gasteiger partial charge is 0.487 e. The molecular formula is C33H34F2N4O3. The van der Waals surface area contributed by atoms with Crippen LogP contribution in [-0.2, 0) is 24.4 Å². The number of carbonyl (C=O) groups is 2. The third-order valence-electron chi connectivity index (χ3n) is 8.36. The molecule has 3 aromatic carbocycles. The van der Waals surface area contributed by atoms with Gasteiger partial charge in [0.2, 0.25) is 5.91 Å². The molecule has 1 unspecified atom stereocenters. The van der Waals surface area contributed by atoms with Crippen molar-refractivity contribution in [1.29, 1.82) is 0 Å². The summed E-state index contributed by atoms with van der Waals surface area (Å²) in [4.78, 5) is 29.5. The summed E-state index contributed by atoms with van der Waals surface area (Å²) < 4.78 is 34.5. The molecular weight excluding hydrogens is 538 g/mol. The van der Waals surface area contributed by atoms with Gasteiger partial charge in [-0.1, -0.05) is 43.0 Å². The molecule has 3 atom stereocenters. The van der Waals surface area contributed by atoms with Crippen molar-refractivity contribution in [2.24, 2.45) is 0 Å². The molecule has 9 heteroatoms. The van der Waals surface area contributed by atoms with Crippen molar-refractivity contribution < 1.29 is 23.1 Å². The fourth-order valence-electron chi connectivity index (χ4n) is 6.09. The van der Waals surface area contributed by atoms with Crippen LogP contribution >= 0.6 is 0 Å². The molecule has 0 radical (unpaired) electrons. The number of halogens is 2. The summed E-state index contributed by atoms with van der Waals surface area (Å²) in [5, 5.41) is 6.41. The number of fused-ring (bicyclic) bond motifs is 1. The van der Waals surface area contributed by atoms with E-state index in [-0.39, 0.29) is 24.0 Å². The number of benzene rings is 3. The first-order chi connectivity index (χ1) is 20.3. The van der Waals surface area contributed by atoms with E-state index < -0.39 is 17.7 Å². The number of rotatable bonds is 8. The molecule has 2 saturated heterocycles. The Hall–Kier alpha value is -4.08. The third-order valence-corrected chi connectivity index (χ3v) is 8.36. The van der Waals surface area contributed by atoms with Crippen LogP contribution in [0.5, 0.6) is 5.75 Å². The number of hydrogen-bond donors (Lipinski definition) is 2. The van der Waals surface area contributed by atoms with Gasteiger partial charge in [0, 0.05) is 61.7 Å². The van der Waals surface area contributed by atoms with Gasteiger partial charge in [-0.25, -0.2) is 8.78 Å². The molecule has 3 aliphatic rings. The minimum Gasteiger partial charge on any atom is -0.487 e. The van der Waals surface area contributed by atoms with Gasteiger partial charge >= 0.3 is 0 Å². The SMILES string of the molecule is C=C1CCC(N2Cc3cc(O[C@H]4CN(Cc5ccc(F)cc5F)CC[C@@H]4NCc4ccccc4)ccc3C2=O)C(=O)N1.